The van der Waals surface area contributed by atoms with Crippen molar-refractivity contribution < 1.29 is 0 Å². The Labute approximate surface area is 111 Å². The zero-order chi connectivity index (χ0) is 12.8. The van der Waals surface area contributed by atoms with Gasteiger partial charge in [-0.1, -0.05) is 26.7 Å². The van der Waals surface area contributed by atoms with Crippen LogP contribution < -0.4 is 5.32 Å². The maximum absolute atomic E-state index is 8.63. The highest BCUT2D eigenvalue weighted by Crippen LogP contribution is 2.39. The highest BCUT2D eigenvalue weighted by molar-refractivity contribution is 8.00. The standard InChI is InChI=1S/C14H26N2S/c1-13(2,7-6-10-15)11-16-12-14(17-3)8-4-5-9-14/h16H,4-9,11-12H2,1-3H3. The number of hydrogen-bond donors (Lipinski definition) is 1. The molecular weight excluding hydrogens is 228 g/mol. The molecular formula is C14H26N2S. The van der Waals surface area contributed by atoms with Crippen LogP contribution in [0.2, 0.25) is 0 Å². The van der Waals surface area contributed by atoms with Crippen molar-refractivity contribution in [2.24, 2.45) is 5.41 Å². The fraction of sp³-hybridized carbons (Fsp3) is 0.929. The molecule has 0 saturated heterocycles. The van der Waals surface area contributed by atoms with Crippen molar-refractivity contribution in [1.29, 1.82) is 5.26 Å². The number of nitrogens with zero attached hydrogens (tertiary/aromatic N) is 1. The van der Waals surface area contributed by atoms with Gasteiger partial charge in [-0.05, 0) is 30.9 Å². The molecule has 1 N–H and O–H groups in total. The zero-order valence-corrected chi connectivity index (χ0v) is 12.3. The summed E-state index contributed by atoms with van der Waals surface area (Å²) in [5.41, 5.74) is 0.244. The molecule has 0 aliphatic heterocycles. The molecule has 1 aliphatic carbocycles. The molecule has 0 bridgehead atoms. The molecule has 0 aromatic heterocycles. The normalized spacial score (nSPS) is 19.2. The second-order valence-electron chi connectivity index (χ2n) is 6.02. The summed E-state index contributed by atoms with van der Waals surface area (Å²) in [6.07, 6.45) is 9.40. The van der Waals surface area contributed by atoms with Crippen molar-refractivity contribution >= 4 is 11.8 Å². The first-order valence-corrected chi connectivity index (χ1v) is 7.89. The van der Waals surface area contributed by atoms with Gasteiger partial charge < -0.3 is 5.32 Å². The summed E-state index contributed by atoms with van der Waals surface area (Å²) in [6.45, 7) is 6.65. The number of hydrogen-bond acceptors (Lipinski definition) is 3. The SMILES string of the molecule is CSC1(CNCC(C)(C)CCC#N)CCCC1. The second-order valence-corrected chi connectivity index (χ2v) is 7.29. The highest BCUT2D eigenvalue weighted by Gasteiger charge is 2.32. The molecule has 2 nitrogen and oxygen atoms in total. The third-order valence-corrected chi connectivity index (χ3v) is 5.33. The molecule has 0 radical (unpaired) electrons. The van der Waals surface area contributed by atoms with Crippen molar-refractivity contribution in [3.8, 4) is 6.07 Å². The van der Waals surface area contributed by atoms with Gasteiger partial charge >= 0.3 is 0 Å². The van der Waals surface area contributed by atoms with Crippen LogP contribution in [-0.4, -0.2) is 24.1 Å². The van der Waals surface area contributed by atoms with Crippen LogP contribution in [0.4, 0.5) is 0 Å². The van der Waals surface area contributed by atoms with E-state index >= 15 is 0 Å². The summed E-state index contributed by atoms with van der Waals surface area (Å²) in [4.78, 5) is 0. The Morgan fingerprint density at radius 2 is 2.00 bits per heavy atom. The number of thioether (sulfide) groups is 1. The van der Waals surface area contributed by atoms with Gasteiger partial charge in [0.25, 0.3) is 0 Å². The molecule has 0 spiro atoms. The summed E-state index contributed by atoms with van der Waals surface area (Å²) in [5.74, 6) is 0. The van der Waals surface area contributed by atoms with Crippen LogP contribution in [0.15, 0.2) is 0 Å². The monoisotopic (exact) mass is 254 g/mol. The fourth-order valence-electron chi connectivity index (χ4n) is 2.58. The van der Waals surface area contributed by atoms with Crippen LogP contribution in [0.3, 0.4) is 0 Å². The van der Waals surface area contributed by atoms with Crippen LogP contribution in [0.5, 0.6) is 0 Å². The minimum atomic E-state index is 0.244. The molecule has 0 aromatic rings. The average molecular weight is 254 g/mol. The van der Waals surface area contributed by atoms with E-state index in [1.807, 2.05) is 11.8 Å². The molecule has 1 rings (SSSR count). The van der Waals surface area contributed by atoms with E-state index in [0.717, 1.165) is 19.5 Å². The Bertz CT molecular complexity index is 262. The molecule has 0 amide bonds. The van der Waals surface area contributed by atoms with Gasteiger partial charge in [-0.15, -0.1) is 0 Å². The lowest BCUT2D eigenvalue weighted by atomic mass is 9.88. The molecule has 0 aromatic carbocycles. The summed E-state index contributed by atoms with van der Waals surface area (Å²) < 4.78 is 0.491. The smallest absolute Gasteiger partial charge is 0.0621 e. The molecule has 0 heterocycles. The molecule has 3 heteroatoms. The van der Waals surface area contributed by atoms with E-state index in [1.165, 1.54) is 25.7 Å². The molecule has 98 valence electrons. The van der Waals surface area contributed by atoms with E-state index in [0.29, 0.717) is 11.2 Å². The average Bonchev–Trinajstić information content (AvgIpc) is 2.76. The summed E-state index contributed by atoms with van der Waals surface area (Å²) in [7, 11) is 0. The third kappa shape index (κ3) is 4.89. The van der Waals surface area contributed by atoms with Gasteiger partial charge in [-0.25, -0.2) is 0 Å². The number of nitriles is 1. The van der Waals surface area contributed by atoms with E-state index in [2.05, 4.69) is 31.5 Å². The quantitative estimate of drug-likeness (QED) is 0.754. The third-order valence-electron chi connectivity index (χ3n) is 3.91. The van der Waals surface area contributed by atoms with Crippen LogP contribution in [0.25, 0.3) is 0 Å². The molecule has 0 unspecified atom stereocenters. The summed E-state index contributed by atoms with van der Waals surface area (Å²) >= 11 is 2.03. The Kier molecular flexibility index (Phi) is 5.82. The first kappa shape index (κ1) is 14.9. The number of nitrogens with one attached hydrogen (secondary N) is 1. The van der Waals surface area contributed by atoms with Crippen LogP contribution in [0.1, 0.15) is 52.4 Å². The first-order chi connectivity index (χ1) is 8.04. The Balaban J connectivity index is 2.28. The second kappa shape index (κ2) is 6.66. The van der Waals surface area contributed by atoms with Crippen molar-refractivity contribution in [3.63, 3.8) is 0 Å². The van der Waals surface area contributed by atoms with Gasteiger partial charge in [-0.2, -0.15) is 17.0 Å². The topological polar surface area (TPSA) is 35.8 Å². The number of rotatable bonds is 7. The van der Waals surface area contributed by atoms with Gasteiger partial charge in [-0.3, -0.25) is 0 Å². The molecule has 17 heavy (non-hydrogen) atoms. The van der Waals surface area contributed by atoms with E-state index in [4.69, 9.17) is 5.26 Å². The predicted octanol–water partition coefficient (Wildman–Crippen LogP) is 3.58. The van der Waals surface area contributed by atoms with Gasteiger partial charge in [0.2, 0.25) is 0 Å². The lowest BCUT2D eigenvalue weighted by molar-refractivity contribution is 0.312. The minimum Gasteiger partial charge on any atom is -0.315 e. The summed E-state index contributed by atoms with van der Waals surface area (Å²) in [5, 5.41) is 12.3. The van der Waals surface area contributed by atoms with Gasteiger partial charge in [0.1, 0.15) is 0 Å². The van der Waals surface area contributed by atoms with Crippen molar-refractivity contribution in [2.75, 3.05) is 19.3 Å². The van der Waals surface area contributed by atoms with Crippen LogP contribution >= 0.6 is 11.8 Å². The van der Waals surface area contributed by atoms with E-state index in [9.17, 15) is 0 Å². The molecule has 1 aliphatic rings. The van der Waals surface area contributed by atoms with Crippen molar-refractivity contribution in [3.05, 3.63) is 0 Å². The van der Waals surface area contributed by atoms with E-state index in [1.54, 1.807) is 0 Å². The van der Waals surface area contributed by atoms with E-state index < -0.39 is 0 Å². The molecule has 1 fully saturated rings. The zero-order valence-electron chi connectivity index (χ0n) is 11.5. The summed E-state index contributed by atoms with van der Waals surface area (Å²) in [6, 6.07) is 2.24. The lowest BCUT2D eigenvalue weighted by Gasteiger charge is -2.30. The van der Waals surface area contributed by atoms with Gasteiger partial charge in [0.05, 0.1) is 6.07 Å². The first-order valence-electron chi connectivity index (χ1n) is 6.66. The predicted molar refractivity (Wildman–Crippen MR) is 76.2 cm³/mol. The fourth-order valence-corrected chi connectivity index (χ4v) is 3.53. The minimum absolute atomic E-state index is 0.244. The Morgan fingerprint density at radius 3 is 2.53 bits per heavy atom. The van der Waals surface area contributed by atoms with Gasteiger partial charge in [0.15, 0.2) is 0 Å². The van der Waals surface area contributed by atoms with Crippen molar-refractivity contribution in [2.45, 2.75) is 57.1 Å². The largest absolute Gasteiger partial charge is 0.315 e. The highest BCUT2D eigenvalue weighted by atomic mass is 32.2. The maximum Gasteiger partial charge on any atom is 0.0621 e. The lowest BCUT2D eigenvalue weighted by Crippen LogP contribution is -2.39. The van der Waals surface area contributed by atoms with Crippen molar-refractivity contribution in [1.82, 2.24) is 5.32 Å². The van der Waals surface area contributed by atoms with Gasteiger partial charge in [0, 0.05) is 24.3 Å². The maximum atomic E-state index is 8.63. The van der Waals surface area contributed by atoms with Crippen LogP contribution in [0, 0.1) is 16.7 Å². The Hall–Kier alpha value is -0.200. The Morgan fingerprint density at radius 1 is 1.35 bits per heavy atom. The molecule has 1 saturated carbocycles. The van der Waals surface area contributed by atoms with E-state index in [-0.39, 0.29) is 5.41 Å². The van der Waals surface area contributed by atoms with Crippen LogP contribution in [-0.2, 0) is 0 Å². The molecule has 0 atom stereocenters.